The van der Waals surface area contributed by atoms with Crippen LogP contribution < -0.4 is 18.9 Å². The number of nitrogens with one attached hydrogen (secondary N) is 1. The summed E-state index contributed by atoms with van der Waals surface area (Å²) >= 11 is 0. The Balaban J connectivity index is 0.000000151. The van der Waals surface area contributed by atoms with Gasteiger partial charge < -0.3 is 28.8 Å². The first-order chi connectivity index (χ1) is 16.2. The Morgan fingerprint density at radius 3 is 2.15 bits per heavy atom. The highest BCUT2D eigenvalue weighted by atomic mass is 16.6. The molecule has 3 aliphatic rings. The van der Waals surface area contributed by atoms with Crippen LogP contribution in [0.5, 0.6) is 23.0 Å². The Morgan fingerprint density at radius 2 is 1.48 bits per heavy atom. The van der Waals surface area contributed by atoms with Crippen LogP contribution in [0.15, 0.2) is 42.7 Å². The number of ether oxygens (including phenoxy) is 4. The lowest BCUT2D eigenvalue weighted by Crippen LogP contribution is -2.15. The molecule has 0 aliphatic carbocycles. The van der Waals surface area contributed by atoms with E-state index in [2.05, 4.69) is 9.88 Å². The van der Waals surface area contributed by atoms with Crippen molar-refractivity contribution in [1.29, 1.82) is 0 Å². The van der Waals surface area contributed by atoms with Crippen LogP contribution in [0.2, 0.25) is 0 Å². The van der Waals surface area contributed by atoms with E-state index in [0.717, 1.165) is 35.5 Å². The Labute approximate surface area is 190 Å². The van der Waals surface area contributed by atoms with Crippen LogP contribution in [-0.4, -0.2) is 54.3 Å². The molecule has 9 nitrogen and oxygen atoms in total. The van der Waals surface area contributed by atoms with Gasteiger partial charge in [0.05, 0.1) is 16.6 Å². The largest absolute Gasteiger partial charge is 0.486 e. The van der Waals surface area contributed by atoms with E-state index in [9.17, 15) is 10.1 Å². The lowest BCUT2D eigenvalue weighted by atomic mass is 10.1. The van der Waals surface area contributed by atoms with Gasteiger partial charge in [-0.15, -0.1) is 0 Å². The number of hydrogen-bond acceptors (Lipinski definition) is 7. The van der Waals surface area contributed by atoms with Crippen LogP contribution in [0.4, 0.5) is 5.69 Å². The zero-order valence-electron chi connectivity index (χ0n) is 18.1. The molecule has 0 amide bonds. The molecule has 4 heterocycles. The van der Waals surface area contributed by atoms with Crippen molar-refractivity contribution in [3.63, 3.8) is 0 Å². The van der Waals surface area contributed by atoms with E-state index in [4.69, 9.17) is 18.9 Å². The third-order valence-electron chi connectivity index (χ3n) is 5.71. The minimum Gasteiger partial charge on any atom is -0.486 e. The summed E-state index contributed by atoms with van der Waals surface area (Å²) in [5.41, 5.74) is 1.68. The number of likely N-dealkylation sites (tertiary alicyclic amines) is 1. The molecule has 0 atom stereocenters. The molecule has 33 heavy (non-hydrogen) atoms. The summed E-state index contributed by atoms with van der Waals surface area (Å²) in [6.07, 6.45) is 7.96. The van der Waals surface area contributed by atoms with E-state index in [0.29, 0.717) is 43.5 Å². The first-order valence-corrected chi connectivity index (χ1v) is 11.0. The molecule has 2 aromatic carbocycles. The number of nitrogens with zero attached hydrogens (tertiary/aromatic N) is 2. The maximum absolute atomic E-state index is 11.2. The predicted octanol–water partition coefficient (Wildman–Crippen LogP) is 4.37. The normalized spacial score (nSPS) is 16.5. The van der Waals surface area contributed by atoms with E-state index in [1.807, 2.05) is 30.6 Å². The van der Waals surface area contributed by atoms with Gasteiger partial charge in [-0.05, 0) is 43.3 Å². The molecule has 1 aromatic heterocycles. The third kappa shape index (κ3) is 4.67. The molecule has 6 rings (SSSR count). The van der Waals surface area contributed by atoms with Crippen molar-refractivity contribution in [2.45, 2.75) is 12.8 Å². The fraction of sp³-hybridized carbons (Fsp3) is 0.333. The standard InChI is InChI=1S/C14H16N2O4.C10H9NO2/c17-16(18)12-10-14-13(19-7-8-20-14)9-11(12)3-6-15-4-1-2-5-15;1-2-11-8-6-10-9(5-7(1)8)12-3-4-13-10/h3,6,9-10H,1-2,4-5,7-8H2;1-2,5-6,11H,3-4H2/b6-3+;. The molecule has 3 aliphatic heterocycles. The quantitative estimate of drug-likeness (QED) is 0.466. The van der Waals surface area contributed by atoms with Crippen LogP contribution in [0.3, 0.4) is 0 Å². The summed E-state index contributed by atoms with van der Waals surface area (Å²) in [6.45, 7) is 4.19. The van der Waals surface area contributed by atoms with Crippen molar-refractivity contribution in [2.24, 2.45) is 0 Å². The van der Waals surface area contributed by atoms with Gasteiger partial charge in [-0.3, -0.25) is 10.1 Å². The molecule has 1 N–H and O–H groups in total. The van der Waals surface area contributed by atoms with Gasteiger partial charge in [0, 0.05) is 36.3 Å². The number of hydrogen-bond donors (Lipinski definition) is 1. The molecule has 172 valence electrons. The molecule has 3 aromatic rings. The SMILES string of the molecule is O=[N+]([O-])c1cc2c(cc1/C=C/N1CCCC1)OCCO2.c1cc2cc3c(cc2[nH]1)OCCO3. The Bertz CT molecular complexity index is 1140. The van der Waals surface area contributed by atoms with Crippen molar-refractivity contribution in [3.05, 3.63) is 58.4 Å². The van der Waals surface area contributed by atoms with Gasteiger partial charge in [0.1, 0.15) is 26.4 Å². The Hall–Kier alpha value is -3.88. The van der Waals surface area contributed by atoms with E-state index in [1.165, 1.54) is 18.9 Å². The fourth-order valence-corrected chi connectivity index (χ4v) is 4.05. The summed E-state index contributed by atoms with van der Waals surface area (Å²) < 4.78 is 21.8. The maximum Gasteiger partial charge on any atom is 0.280 e. The van der Waals surface area contributed by atoms with Crippen molar-refractivity contribution in [1.82, 2.24) is 9.88 Å². The minimum absolute atomic E-state index is 0.0460. The van der Waals surface area contributed by atoms with Crippen LogP contribution in [0.25, 0.3) is 17.0 Å². The molecular formula is C24H25N3O6. The van der Waals surface area contributed by atoms with Gasteiger partial charge in [-0.1, -0.05) is 0 Å². The van der Waals surface area contributed by atoms with Gasteiger partial charge in [-0.25, -0.2) is 0 Å². The van der Waals surface area contributed by atoms with Crippen LogP contribution in [0.1, 0.15) is 18.4 Å². The van der Waals surface area contributed by atoms with Crippen molar-refractivity contribution in [2.75, 3.05) is 39.5 Å². The fourth-order valence-electron chi connectivity index (χ4n) is 4.05. The second-order valence-corrected chi connectivity index (χ2v) is 7.93. The van der Waals surface area contributed by atoms with Crippen LogP contribution in [0, 0.1) is 10.1 Å². The molecule has 9 heteroatoms. The van der Waals surface area contributed by atoms with E-state index >= 15 is 0 Å². The number of aromatic nitrogens is 1. The molecular weight excluding hydrogens is 426 g/mol. The van der Waals surface area contributed by atoms with Gasteiger partial charge >= 0.3 is 0 Å². The highest BCUT2D eigenvalue weighted by Crippen LogP contribution is 2.37. The van der Waals surface area contributed by atoms with Crippen molar-refractivity contribution < 1.29 is 23.9 Å². The number of nitro groups is 1. The van der Waals surface area contributed by atoms with Gasteiger partial charge in [0.25, 0.3) is 5.69 Å². The highest BCUT2D eigenvalue weighted by Gasteiger charge is 2.21. The summed E-state index contributed by atoms with van der Waals surface area (Å²) in [5, 5.41) is 12.3. The van der Waals surface area contributed by atoms with Crippen molar-refractivity contribution in [3.8, 4) is 23.0 Å². The molecule has 1 saturated heterocycles. The monoisotopic (exact) mass is 451 g/mol. The second kappa shape index (κ2) is 9.32. The van der Waals surface area contributed by atoms with Crippen LogP contribution in [-0.2, 0) is 0 Å². The average Bonchev–Trinajstić information content (AvgIpc) is 3.52. The predicted molar refractivity (Wildman–Crippen MR) is 123 cm³/mol. The van der Waals surface area contributed by atoms with E-state index < -0.39 is 0 Å². The second-order valence-electron chi connectivity index (χ2n) is 7.93. The summed E-state index contributed by atoms with van der Waals surface area (Å²) in [4.78, 5) is 16.1. The molecule has 1 fully saturated rings. The lowest BCUT2D eigenvalue weighted by Gasteiger charge is -2.18. The number of fused-ring (bicyclic) bond motifs is 3. The zero-order chi connectivity index (χ0) is 22.6. The first-order valence-electron chi connectivity index (χ1n) is 11.0. The van der Waals surface area contributed by atoms with Gasteiger partial charge in [0.2, 0.25) is 0 Å². The Morgan fingerprint density at radius 1 is 0.879 bits per heavy atom. The third-order valence-corrected chi connectivity index (χ3v) is 5.71. The summed E-state index contributed by atoms with van der Waals surface area (Å²) in [6, 6.07) is 9.12. The highest BCUT2D eigenvalue weighted by molar-refractivity contribution is 5.83. The smallest absolute Gasteiger partial charge is 0.280 e. The van der Waals surface area contributed by atoms with Crippen molar-refractivity contribution >= 4 is 22.7 Å². The minimum atomic E-state index is -0.387. The number of H-pyrrole nitrogens is 1. The topological polar surface area (TPSA) is 99.1 Å². The van der Waals surface area contributed by atoms with E-state index in [-0.39, 0.29) is 10.6 Å². The summed E-state index contributed by atoms with van der Waals surface area (Å²) in [5.74, 6) is 2.70. The lowest BCUT2D eigenvalue weighted by molar-refractivity contribution is -0.385. The number of aromatic amines is 1. The molecule has 0 bridgehead atoms. The number of nitro benzene ring substituents is 1. The van der Waals surface area contributed by atoms with Gasteiger partial charge in [-0.2, -0.15) is 0 Å². The van der Waals surface area contributed by atoms with Crippen LogP contribution >= 0.6 is 0 Å². The van der Waals surface area contributed by atoms with Gasteiger partial charge in [0.15, 0.2) is 23.0 Å². The molecule has 0 unspecified atom stereocenters. The maximum atomic E-state index is 11.2. The average molecular weight is 451 g/mol. The van der Waals surface area contributed by atoms with E-state index in [1.54, 1.807) is 12.1 Å². The zero-order valence-corrected chi connectivity index (χ0v) is 18.1. The summed E-state index contributed by atoms with van der Waals surface area (Å²) in [7, 11) is 0. The molecule has 0 spiro atoms. The molecule has 0 radical (unpaired) electrons. The Kier molecular flexibility index (Phi) is 5.93. The number of rotatable bonds is 3. The first kappa shape index (κ1) is 21.0. The number of benzene rings is 2. The molecule has 0 saturated carbocycles.